The molecule has 0 fully saturated rings. The first-order valence-electron chi connectivity index (χ1n) is 8.48. The van der Waals surface area contributed by atoms with Crippen molar-refractivity contribution < 1.29 is 9.21 Å². The molecule has 2 aromatic heterocycles. The molecular weight excluding hydrogens is 340 g/mol. The van der Waals surface area contributed by atoms with E-state index in [1.807, 2.05) is 43.3 Å². The summed E-state index contributed by atoms with van der Waals surface area (Å²) in [7, 11) is 0. The van der Waals surface area contributed by atoms with Crippen LogP contribution in [0.5, 0.6) is 0 Å². The fraction of sp³-hybridized carbons (Fsp3) is 0.143. The van der Waals surface area contributed by atoms with Gasteiger partial charge in [-0.25, -0.2) is 4.98 Å². The van der Waals surface area contributed by atoms with Gasteiger partial charge in [0.1, 0.15) is 23.2 Å². The minimum absolute atomic E-state index is 0.296. The molecular formula is C21H16N4O2. The van der Waals surface area contributed by atoms with Crippen LogP contribution in [0.25, 0.3) is 0 Å². The Morgan fingerprint density at radius 1 is 1.22 bits per heavy atom. The number of furan rings is 1. The van der Waals surface area contributed by atoms with Crippen molar-refractivity contribution in [1.82, 2.24) is 4.98 Å². The number of benzene rings is 1. The molecule has 0 saturated heterocycles. The van der Waals surface area contributed by atoms with Crippen LogP contribution in [0.1, 0.15) is 44.3 Å². The molecule has 1 aliphatic rings. The summed E-state index contributed by atoms with van der Waals surface area (Å²) in [6.07, 6.45) is 1.40. The number of pyridine rings is 1. The highest BCUT2D eigenvalue weighted by Gasteiger charge is 2.21. The third kappa shape index (κ3) is 3.11. The summed E-state index contributed by atoms with van der Waals surface area (Å²) in [5, 5.41) is 11.8. The van der Waals surface area contributed by atoms with E-state index in [0.717, 1.165) is 28.4 Å². The minimum Gasteiger partial charge on any atom is -0.460 e. The first-order valence-corrected chi connectivity index (χ1v) is 8.48. The third-order valence-electron chi connectivity index (χ3n) is 4.43. The molecule has 0 spiro atoms. The van der Waals surface area contributed by atoms with Crippen molar-refractivity contribution in [3.63, 3.8) is 0 Å². The van der Waals surface area contributed by atoms with Gasteiger partial charge in [0.15, 0.2) is 5.76 Å². The number of nitrogens with one attached hydrogen (secondary N) is 1. The van der Waals surface area contributed by atoms with Crippen molar-refractivity contribution in [1.29, 1.82) is 5.26 Å². The van der Waals surface area contributed by atoms with E-state index in [1.54, 1.807) is 13.0 Å². The number of fused-ring (bicyclic) bond motifs is 1. The standard InChI is InChI=1S/C21H16N4O2/c1-12-7-14(9-22)10-23-19(12)21(26)25-16-5-4-15-11-24-20(17(15)8-16)18-6-3-13(2)27-18/h3-8,10H,11H2,1-2H3,(H,25,26). The van der Waals surface area contributed by atoms with Crippen LogP contribution in [0.15, 0.2) is 52.0 Å². The summed E-state index contributed by atoms with van der Waals surface area (Å²) < 4.78 is 5.70. The quantitative estimate of drug-likeness (QED) is 0.773. The van der Waals surface area contributed by atoms with Gasteiger partial charge < -0.3 is 9.73 Å². The van der Waals surface area contributed by atoms with E-state index in [4.69, 9.17) is 9.68 Å². The molecule has 3 heterocycles. The molecule has 0 saturated carbocycles. The predicted octanol–water partition coefficient (Wildman–Crippen LogP) is 3.77. The zero-order valence-corrected chi connectivity index (χ0v) is 14.9. The zero-order valence-electron chi connectivity index (χ0n) is 14.9. The SMILES string of the molecule is Cc1ccc(C2=NCc3ccc(NC(=O)c4ncc(C#N)cc4C)cc32)o1. The number of hydrogen-bond acceptors (Lipinski definition) is 5. The van der Waals surface area contributed by atoms with Gasteiger partial charge in [-0.15, -0.1) is 0 Å². The topological polar surface area (TPSA) is 91.3 Å². The number of aryl methyl sites for hydroxylation is 2. The van der Waals surface area contributed by atoms with Crippen LogP contribution in [0.4, 0.5) is 5.69 Å². The van der Waals surface area contributed by atoms with Crippen molar-refractivity contribution in [3.05, 3.63) is 82.1 Å². The number of nitriles is 1. The Hall–Kier alpha value is -3.72. The molecule has 1 aromatic carbocycles. The van der Waals surface area contributed by atoms with Crippen LogP contribution < -0.4 is 5.32 Å². The van der Waals surface area contributed by atoms with E-state index >= 15 is 0 Å². The molecule has 3 aromatic rings. The molecule has 27 heavy (non-hydrogen) atoms. The maximum atomic E-state index is 12.6. The Bertz CT molecular complexity index is 1140. The van der Waals surface area contributed by atoms with E-state index in [9.17, 15) is 4.79 Å². The number of rotatable bonds is 3. The second-order valence-corrected chi connectivity index (χ2v) is 6.40. The van der Waals surface area contributed by atoms with Gasteiger partial charge in [-0.1, -0.05) is 6.07 Å². The largest absolute Gasteiger partial charge is 0.460 e. The molecule has 0 bridgehead atoms. The average Bonchev–Trinajstić information content (AvgIpc) is 3.27. The maximum absolute atomic E-state index is 12.6. The summed E-state index contributed by atoms with van der Waals surface area (Å²) in [4.78, 5) is 21.3. The fourth-order valence-corrected chi connectivity index (χ4v) is 3.10. The number of aromatic nitrogens is 1. The second kappa shape index (κ2) is 6.54. The Morgan fingerprint density at radius 2 is 2.07 bits per heavy atom. The Balaban J connectivity index is 1.61. The molecule has 0 aliphatic carbocycles. The maximum Gasteiger partial charge on any atom is 0.274 e. The van der Waals surface area contributed by atoms with Crippen molar-refractivity contribution in [2.24, 2.45) is 4.99 Å². The van der Waals surface area contributed by atoms with Gasteiger partial charge in [0.05, 0.1) is 12.1 Å². The average molecular weight is 356 g/mol. The van der Waals surface area contributed by atoms with Crippen molar-refractivity contribution in [2.75, 3.05) is 5.32 Å². The van der Waals surface area contributed by atoms with E-state index < -0.39 is 0 Å². The van der Waals surface area contributed by atoms with Gasteiger partial charge in [0.25, 0.3) is 5.91 Å². The summed E-state index contributed by atoms with van der Waals surface area (Å²) in [5.74, 6) is 1.23. The molecule has 4 rings (SSSR count). The number of aliphatic imine (C=N–C) groups is 1. The summed E-state index contributed by atoms with van der Waals surface area (Å²) in [6, 6.07) is 13.2. The molecule has 6 heteroatoms. The minimum atomic E-state index is -0.317. The van der Waals surface area contributed by atoms with Gasteiger partial charge >= 0.3 is 0 Å². The summed E-state index contributed by atoms with van der Waals surface area (Å²) >= 11 is 0. The Labute approximate surface area is 156 Å². The molecule has 1 aliphatic heterocycles. The number of nitrogens with zero attached hydrogens (tertiary/aromatic N) is 3. The lowest BCUT2D eigenvalue weighted by atomic mass is 10.0. The summed E-state index contributed by atoms with van der Waals surface area (Å²) in [5.41, 5.74) is 4.86. The number of carbonyl (C=O) groups excluding carboxylic acids is 1. The monoisotopic (exact) mass is 356 g/mol. The van der Waals surface area contributed by atoms with E-state index in [0.29, 0.717) is 29.1 Å². The van der Waals surface area contributed by atoms with Crippen LogP contribution in [0.2, 0.25) is 0 Å². The van der Waals surface area contributed by atoms with Crippen molar-refractivity contribution in [3.8, 4) is 6.07 Å². The van der Waals surface area contributed by atoms with E-state index in [-0.39, 0.29) is 5.91 Å². The van der Waals surface area contributed by atoms with Gasteiger partial charge in [0, 0.05) is 17.4 Å². The van der Waals surface area contributed by atoms with Gasteiger partial charge in [0.2, 0.25) is 0 Å². The van der Waals surface area contributed by atoms with Crippen LogP contribution >= 0.6 is 0 Å². The van der Waals surface area contributed by atoms with Crippen molar-refractivity contribution >= 4 is 17.3 Å². The zero-order chi connectivity index (χ0) is 19.0. The number of carbonyl (C=O) groups is 1. The molecule has 0 unspecified atom stereocenters. The van der Waals surface area contributed by atoms with Crippen molar-refractivity contribution in [2.45, 2.75) is 20.4 Å². The molecule has 0 atom stereocenters. The molecule has 0 radical (unpaired) electrons. The number of anilines is 1. The van der Waals surface area contributed by atoms with Gasteiger partial charge in [-0.3, -0.25) is 9.79 Å². The molecule has 1 N–H and O–H groups in total. The smallest absolute Gasteiger partial charge is 0.274 e. The van der Waals surface area contributed by atoms with E-state index in [1.165, 1.54) is 6.20 Å². The Morgan fingerprint density at radius 3 is 2.78 bits per heavy atom. The second-order valence-electron chi connectivity index (χ2n) is 6.40. The van der Waals surface area contributed by atoms with Gasteiger partial charge in [-0.2, -0.15) is 5.26 Å². The highest BCUT2D eigenvalue weighted by molar-refractivity contribution is 6.14. The predicted molar refractivity (Wildman–Crippen MR) is 101 cm³/mol. The Kier molecular flexibility index (Phi) is 4.05. The first-order chi connectivity index (χ1) is 13.0. The molecule has 132 valence electrons. The van der Waals surface area contributed by atoms with Crippen LogP contribution in [-0.2, 0) is 6.54 Å². The number of hydrogen-bond donors (Lipinski definition) is 1. The normalized spacial score (nSPS) is 12.3. The molecule has 1 amide bonds. The summed E-state index contributed by atoms with van der Waals surface area (Å²) in [6.45, 7) is 4.24. The van der Waals surface area contributed by atoms with Crippen LogP contribution in [0, 0.1) is 25.2 Å². The number of amides is 1. The first kappa shape index (κ1) is 16.7. The van der Waals surface area contributed by atoms with E-state index in [2.05, 4.69) is 15.3 Å². The van der Waals surface area contributed by atoms with Crippen LogP contribution in [-0.4, -0.2) is 16.6 Å². The third-order valence-corrected chi connectivity index (χ3v) is 4.43. The van der Waals surface area contributed by atoms with Gasteiger partial charge in [-0.05, 0) is 55.3 Å². The lowest BCUT2D eigenvalue weighted by Gasteiger charge is -2.09. The lowest BCUT2D eigenvalue weighted by Crippen LogP contribution is -2.16. The molecule has 6 nitrogen and oxygen atoms in total. The highest BCUT2D eigenvalue weighted by atomic mass is 16.3. The van der Waals surface area contributed by atoms with Crippen LogP contribution in [0.3, 0.4) is 0 Å². The highest BCUT2D eigenvalue weighted by Crippen LogP contribution is 2.27. The lowest BCUT2D eigenvalue weighted by molar-refractivity contribution is 0.102. The fourth-order valence-electron chi connectivity index (χ4n) is 3.10.